The fraction of sp³-hybridized carbons (Fsp3) is 0. The predicted molar refractivity (Wildman–Crippen MR) is 71.5 cm³/mol. The number of pyridine rings is 1. The first-order valence-electron chi connectivity index (χ1n) is 5.83. The number of benzene rings is 1. The van der Waals surface area contributed by atoms with Crippen molar-refractivity contribution in [2.75, 3.05) is 0 Å². The summed E-state index contributed by atoms with van der Waals surface area (Å²) in [6.45, 7) is 0. The van der Waals surface area contributed by atoms with Gasteiger partial charge in [0.25, 0.3) is 0 Å². The topological polar surface area (TPSA) is 76.1 Å². The molecule has 0 saturated heterocycles. The monoisotopic (exact) mass is 264 g/mol. The molecule has 0 spiro atoms. The summed E-state index contributed by atoms with van der Waals surface area (Å²) in [5, 5.41) is 9.58. The van der Waals surface area contributed by atoms with Crippen LogP contribution in [0, 0.1) is 11.3 Å². The number of fused-ring (bicyclic) bond motifs is 1. The number of hydrogen-bond acceptors (Lipinski definition) is 5. The zero-order valence-electron chi connectivity index (χ0n) is 10.2. The van der Waals surface area contributed by atoms with Gasteiger partial charge in [0, 0.05) is 23.6 Å². The molecule has 5 heteroatoms. The van der Waals surface area contributed by atoms with Gasteiger partial charge in [0.2, 0.25) is 5.88 Å². The van der Waals surface area contributed by atoms with Gasteiger partial charge >= 0.3 is 5.63 Å². The molecule has 20 heavy (non-hydrogen) atoms. The van der Waals surface area contributed by atoms with Crippen molar-refractivity contribution >= 4 is 11.0 Å². The van der Waals surface area contributed by atoms with Gasteiger partial charge in [-0.25, -0.2) is 9.78 Å². The molecule has 0 aliphatic heterocycles. The van der Waals surface area contributed by atoms with Crippen LogP contribution in [0.3, 0.4) is 0 Å². The Hall–Kier alpha value is -3.13. The lowest BCUT2D eigenvalue weighted by Gasteiger charge is -2.05. The van der Waals surface area contributed by atoms with Crippen molar-refractivity contribution in [2.45, 2.75) is 0 Å². The minimum atomic E-state index is -0.417. The van der Waals surface area contributed by atoms with Crippen LogP contribution in [0.4, 0.5) is 0 Å². The fourth-order valence-corrected chi connectivity index (χ4v) is 1.76. The molecule has 2 heterocycles. The molecule has 96 valence electrons. The quantitative estimate of drug-likeness (QED) is 0.665. The first kappa shape index (κ1) is 11.9. The second-order valence-corrected chi connectivity index (χ2v) is 4.03. The Morgan fingerprint density at radius 3 is 2.85 bits per heavy atom. The van der Waals surface area contributed by atoms with E-state index in [2.05, 4.69) is 4.98 Å². The second kappa shape index (κ2) is 4.86. The van der Waals surface area contributed by atoms with Crippen LogP contribution in [0.5, 0.6) is 11.6 Å². The van der Waals surface area contributed by atoms with Gasteiger partial charge in [0.1, 0.15) is 23.1 Å². The van der Waals surface area contributed by atoms with E-state index in [0.717, 1.165) is 5.39 Å². The number of nitrogens with zero attached hydrogens (tertiary/aromatic N) is 2. The Morgan fingerprint density at radius 1 is 1.15 bits per heavy atom. The van der Waals surface area contributed by atoms with E-state index >= 15 is 0 Å². The van der Waals surface area contributed by atoms with E-state index in [9.17, 15) is 4.79 Å². The van der Waals surface area contributed by atoms with Crippen molar-refractivity contribution in [2.24, 2.45) is 0 Å². The molecule has 0 amide bonds. The fourth-order valence-electron chi connectivity index (χ4n) is 1.76. The molecule has 5 nitrogen and oxygen atoms in total. The molecule has 0 aliphatic rings. The minimum absolute atomic E-state index is 0.273. The van der Waals surface area contributed by atoms with E-state index in [1.807, 2.05) is 6.07 Å². The summed E-state index contributed by atoms with van der Waals surface area (Å²) in [6, 6.07) is 15.0. The molecule has 1 aromatic carbocycles. The molecule has 0 radical (unpaired) electrons. The smallest absolute Gasteiger partial charge is 0.336 e. The van der Waals surface area contributed by atoms with Gasteiger partial charge in [-0.05, 0) is 24.3 Å². The zero-order valence-corrected chi connectivity index (χ0v) is 10.2. The van der Waals surface area contributed by atoms with Crippen LogP contribution in [-0.2, 0) is 0 Å². The number of ether oxygens (including phenoxy) is 1. The van der Waals surface area contributed by atoms with E-state index in [4.69, 9.17) is 14.4 Å². The van der Waals surface area contributed by atoms with Gasteiger partial charge in [0.15, 0.2) is 0 Å². The zero-order chi connectivity index (χ0) is 13.9. The first-order chi connectivity index (χ1) is 9.74. The lowest BCUT2D eigenvalue weighted by atomic mass is 10.2. The van der Waals surface area contributed by atoms with Crippen molar-refractivity contribution in [1.82, 2.24) is 4.98 Å². The van der Waals surface area contributed by atoms with E-state index in [1.165, 1.54) is 6.07 Å². The Balaban J connectivity index is 1.98. The lowest BCUT2D eigenvalue weighted by molar-refractivity contribution is 0.461. The Morgan fingerprint density at radius 2 is 2.00 bits per heavy atom. The Kier molecular flexibility index (Phi) is 2.90. The molecule has 0 fully saturated rings. The minimum Gasteiger partial charge on any atom is -0.439 e. The maximum atomic E-state index is 11.2. The normalized spacial score (nSPS) is 10.2. The van der Waals surface area contributed by atoms with Crippen molar-refractivity contribution in [1.29, 1.82) is 5.26 Å². The van der Waals surface area contributed by atoms with E-state index in [-0.39, 0.29) is 5.69 Å². The highest BCUT2D eigenvalue weighted by Gasteiger charge is 2.03. The molecule has 0 N–H and O–H groups in total. The molecule has 0 bridgehead atoms. The van der Waals surface area contributed by atoms with E-state index in [1.54, 1.807) is 42.5 Å². The van der Waals surface area contributed by atoms with E-state index in [0.29, 0.717) is 17.2 Å². The average Bonchev–Trinajstić information content (AvgIpc) is 2.47. The van der Waals surface area contributed by atoms with Crippen molar-refractivity contribution in [3.8, 4) is 17.7 Å². The Bertz CT molecular complexity index is 878. The summed E-state index contributed by atoms with van der Waals surface area (Å²) >= 11 is 0. The average molecular weight is 264 g/mol. The van der Waals surface area contributed by atoms with Crippen LogP contribution in [0.1, 0.15) is 5.69 Å². The number of rotatable bonds is 2. The molecule has 0 atom stereocenters. The maximum Gasteiger partial charge on any atom is 0.336 e. The SMILES string of the molecule is N#Cc1cccc(Oc2ccc3ccc(=O)oc3c2)n1. The largest absolute Gasteiger partial charge is 0.439 e. The summed E-state index contributed by atoms with van der Waals surface area (Å²) in [7, 11) is 0. The van der Waals surface area contributed by atoms with Crippen molar-refractivity contribution in [3.63, 3.8) is 0 Å². The number of hydrogen-bond donors (Lipinski definition) is 0. The summed E-state index contributed by atoms with van der Waals surface area (Å²) < 4.78 is 10.6. The molecule has 2 aromatic heterocycles. The van der Waals surface area contributed by atoms with Crippen LogP contribution in [0.25, 0.3) is 11.0 Å². The van der Waals surface area contributed by atoms with Crippen LogP contribution >= 0.6 is 0 Å². The number of aromatic nitrogens is 1. The standard InChI is InChI=1S/C15H8N2O3/c16-9-11-2-1-3-14(17-11)19-12-6-4-10-5-7-15(18)20-13(10)8-12/h1-8H. The van der Waals surface area contributed by atoms with Gasteiger partial charge in [-0.2, -0.15) is 5.26 Å². The number of nitriles is 1. The van der Waals surface area contributed by atoms with Crippen molar-refractivity contribution in [3.05, 3.63) is 64.6 Å². The van der Waals surface area contributed by atoms with Gasteiger partial charge < -0.3 is 9.15 Å². The molecule has 0 unspecified atom stereocenters. The molecule has 3 rings (SSSR count). The third-order valence-corrected chi connectivity index (χ3v) is 2.66. The highest BCUT2D eigenvalue weighted by atomic mass is 16.5. The molecule has 0 saturated carbocycles. The summed E-state index contributed by atoms with van der Waals surface area (Å²) in [5.74, 6) is 0.788. The molecule has 3 aromatic rings. The van der Waals surface area contributed by atoms with Gasteiger partial charge in [0.05, 0.1) is 0 Å². The second-order valence-electron chi connectivity index (χ2n) is 4.03. The highest BCUT2D eigenvalue weighted by molar-refractivity contribution is 5.77. The summed E-state index contributed by atoms with van der Waals surface area (Å²) in [5.41, 5.74) is 0.292. The third kappa shape index (κ3) is 2.35. The van der Waals surface area contributed by atoms with Crippen molar-refractivity contribution < 1.29 is 9.15 Å². The first-order valence-corrected chi connectivity index (χ1v) is 5.83. The summed E-state index contributed by atoms with van der Waals surface area (Å²) in [6.07, 6.45) is 0. The molecule has 0 aliphatic carbocycles. The molecular formula is C15H8N2O3. The molecular weight excluding hydrogens is 256 g/mol. The highest BCUT2D eigenvalue weighted by Crippen LogP contribution is 2.23. The lowest BCUT2D eigenvalue weighted by Crippen LogP contribution is -1.95. The van der Waals surface area contributed by atoms with Gasteiger partial charge in [-0.1, -0.05) is 6.07 Å². The van der Waals surface area contributed by atoms with Crippen LogP contribution in [0.2, 0.25) is 0 Å². The van der Waals surface area contributed by atoms with Crippen LogP contribution in [-0.4, -0.2) is 4.98 Å². The van der Waals surface area contributed by atoms with Gasteiger partial charge in [-0.15, -0.1) is 0 Å². The van der Waals surface area contributed by atoms with Gasteiger partial charge in [-0.3, -0.25) is 0 Å². The summed E-state index contributed by atoms with van der Waals surface area (Å²) in [4.78, 5) is 15.2. The van der Waals surface area contributed by atoms with Crippen LogP contribution < -0.4 is 10.4 Å². The maximum absolute atomic E-state index is 11.2. The van der Waals surface area contributed by atoms with Crippen LogP contribution in [0.15, 0.2) is 57.7 Å². The Labute approximate surface area is 113 Å². The third-order valence-electron chi connectivity index (χ3n) is 2.66. The van der Waals surface area contributed by atoms with E-state index < -0.39 is 5.63 Å². The predicted octanol–water partition coefficient (Wildman–Crippen LogP) is 2.85.